The molecule has 0 amide bonds. The van der Waals surface area contributed by atoms with Gasteiger partial charge in [0.25, 0.3) is 0 Å². The number of hydrogen-bond donors (Lipinski definition) is 0. The van der Waals surface area contributed by atoms with Crippen LogP contribution in [0.3, 0.4) is 0 Å². The van der Waals surface area contributed by atoms with Crippen LogP contribution in [0.15, 0.2) is 22.7 Å². The van der Waals surface area contributed by atoms with Crippen LogP contribution in [0.4, 0.5) is 0 Å². The molecule has 2 heterocycles. The predicted molar refractivity (Wildman–Crippen MR) is 101 cm³/mol. The number of nitrogens with one attached hydrogen (secondary N) is 2. The molecule has 0 radical (unpaired) electrons. The van der Waals surface area contributed by atoms with Crippen molar-refractivity contribution in [1.29, 1.82) is 0 Å². The van der Waals surface area contributed by atoms with Crippen molar-refractivity contribution in [2.45, 2.75) is 77.7 Å². The smallest absolute Gasteiger partial charge is 0.872 e. The van der Waals surface area contributed by atoms with Gasteiger partial charge in [-0.3, -0.25) is 9.59 Å². The normalized spacial score (nSPS) is 27.2. The largest absolute Gasteiger partial charge is 4.00 e. The molecular weight excluding hydrogens is 591 g/mol. The number of Topliss-reactive ketones (excluding diaryl/α,β-unsaturated/α-hetero) is 2. The van der Waals surface area contributed by atoms with E-state index in [0.717, 1.165) is 12.8 Å². The summed E-state index contributed by atoms with van der Waals surface area (Å²) < 4.78 is 9.00. The van der Waals surface area contributed by atoms with Gasteiger partial charge in [-0.1, -0.05) is 37.2 Å². The number of rotatable bonds is 2. The quantitative estimate of drug-likeness (QED) is 0.320. The van der Waals surface area contributed by atoms with Crippen molar-refractivity contribution in [2.75, 3.05) is 0 Å². The SMILES string of the molecule is CC(=O)C1=C([O-])C(C)OC1=O.CC(=O)C1=C([O-])[C@H](C)OC1=O.[NH-]C1CCCCC1[NH-].[Pt+4]. The van der Waals surface area contributed by atoms with E-state index >= 15 is 0 Å². The Labute approximate surface area is 195 Å². The molecule has 1 fully saturated rings. The maximum absolute atomic E-state index is 11.0. The molecule has 0 spiro atoms. The number of esters is 2. The summed E-state index contributed by atoms with van der Waals surface area (Å²) in [6.07, 6.45) is 2.66. The number of ketones is 2. The van der Waals surface area contributed by atoms with Crippen LogP contribution in [0.2, 0.25) is 0 Å². The van der Waals surface area contributed by atoms with Crippen LogP contribution in [0.5, 0.6) is 0 Å². The zero-order chi connectivity index (χ0) is 23.2. The number of cyclic esters (lactones) is 2. The Hall–Kier alpha value is -2.03. The topological polar surface area (TPSA) is 180 Å². The molecule has 0 saturated heterocycles. The van der Waals surface area contributed by atoms with E-state index in [1.807, 2.05) is 0 Å². The van der Waals surface area contributed by atoms with Gasteiger partial charge < -0.3 is 31.2 Å². The van der Waals surface area contributed by atoms with Crippen molar-refractivity contribution in [3.05, 3.63) is 34.1 Å². The Bertz CT molecular complexity index is 713. The Morgan fingerprint density at radius 1 is 0.806 bits per heavy atom. The van der Waals surface area contributed by atoms with E-state index in [2.05, 4.69) is 9.47 Å². The number of hydrogen-bond acceptors (Lipinski definition) is 8. The summed E-state index contributed by atoms with van der Waals surface area (Å²) in [6.45, 7) is 5.23. The Morgan fingerprint density at radius 3 is 1.23 bits per heavy atom. The molecule has 3 unspecified atom stereocenters. The van der Waals surface area contributed by atoms with Gasteiger partial charge in [-0.2, -0.15) is 12.1 Å². The second-order valence-electron chi connectivity index (χ2n) is 7.18. The Balaban J connectivity index is 0.000000434. The van der Waals surface area contributed by atoms with E-state index in [1.54, 1.807) is 0 Å². The third kappa shape index (κ3) is 7.87. The van der Waals surface area contributed by atoms with Crippen molar-refractivity contribution in [3.8, 4) is 0 Å². The fourth-order valence-electron chi connectivity index (χ4n) is 2.92. The van der Waals surface area contributed by atoms with E-state index in [9.17, 15) is 29.4 Å². The first-order chi connectivity index (χ1) is 13.9. The van der Waals surface area contributed by atoms with Gasteiger partial charge in [0, 0.05) is 0 Å². The summed E-state index contributed by atoms with van der Waals surface area (Å²) in [7, 11) is 0. The van der Waals surface area contributed by atoms with Crippen molar-refractivity contribution >= 4 is 23.5 Å². The summed E-state index contributed by atoms with van der Waals surface area (Å²) >= 11 is 0. The number of carbonyl (C=O) groups excluding carboxylic acids is 4. The van der Waals surface area contributed by atoms with Gasteiger partial charge in [-0.15, -0.1) is 0 Å². The van der Waals surface area contributed by atoms with Gasteiger partial charge in [0.05, 0.1) is 11.1 Å². The second-order valence-corrected chi connectivity index (χ2v) is 7.18. The molecular formula is C20H26N2O8Pt. The van der Waals surface area contributed by atoms with E-state index < -0.39 is 47.2 Å². The van der Waals surface area contributed by atoms with Crippen molar-refractivity contribution in [1.82, 2.24) is 0 Å². The molecule has 174 valence electrons. The first kappa shape index (κ1) is 29.0. The molecule has 10 nitrogen and oxygen atoms in total. The molecule has 0 aromatic heterocycles. The Kier molecular flexibility index (Phi) is 11.9. The first-order valence-electron chi connectivity index (χ1n) is 9.56. The zero-order valence-electron chi connectivity index (χ0n) is 17.7. The van der Waals surface area contributed by atoms with Crippen molar-refractivity contribution in [3.63, 3.8) is 0 Å². The predicted octanol–water partition coefficient (Wildman–Crippen LogP) is 0.670. The summed E-state index contributed by atoms with van der Waals surface area (Å²) in [5.74, 6) is -3.66. The second kappa shape index (κ2) is 12.7. The van der Waals surface area contributed by atoms with Crippen LogP contribution in [0, 0.1) is 0 Å². The van der Waals surface area contributed by atoms with Crippen LogP contribution in [-0.4, -0.2) is 47.8 Å². The summed E-state index contributed by atoms with van der Waals surface area (Å²) in [5.41, 5.74) is 13.9. The molecule has 3 rings (SSSR count). The summed E-state index contributed by atoms with van der Waals surface area (Å²) in [4.78, 5) is 42.8. The van der Waals surface area contributed by atoms with Crippen molar-refractivity contribution in [2.24, 2.45) is 0 Å². The van der Waals surface area contributed by atoms with Crippen LogP contribution in [0.25, 0.3) is 11.5 Å². The molecule has 0 aromatic rings. The maximum atomic E-state index is 11.0. The third-order valence-electron chi connectivity index (χ3n) is 4.68. The van der Waals surface area contributed by atoms with Crippen LogP contribution in [0.1, 0.15) is 53.4 Å². The minimum absolute atomic E-state index is 0. The minimum atomic E-state index is -0.796. The van der Waals surface area contributed by atoms with Gasteiger partial charge in [-0.05, 0) is 27.7 Å². The molecule has 2 N–H and O–H groups in total. The van der Waals surface area contributed by atoms with E-state index in [4.69, 9.17) is 11.5 Å². The molecule has 3 aliphatic rings. The monoisotopic (exact) mass is 617 g/mol. The fraction of sp³-hybridized carbons (Fsp3) is 0.600. The zero-order valence-corrected chi connectivity index (χ0v) is 20.0. The van der Waals surface area contributed by atoms with Crippen LogP contribution < -0.4 is 10.2 Å². The Morgan fingerprint density at radius 2 is 1.10 bits per heavy atom. The summed E-state index contributed by atoms with van der Waals surface area (Å²) in [5, 5.41) is 21.9. The van der Waals surface area contributed by atoms with Crippen LogP contribution >= 0.6 is 0 Å². The van der Waals surface area contributed by atoms with Gasteiger partial charge in [-0.25, -0.2) is 9.59 Å². The van der Waals surface area contributed by atoms with Gasteiger partial charge in [0.15, 0.2) is 11.6 Å². The van der Waals surface area contributed by atoms with E-state index in [1.165, 1.54) is 40.5 Å². The van der Waals surface area contributed by atoms with Crippen LogP contribution in [-0.2, 0) is 49.7 Å². The van der Waals surface area contributed by atoms with Crippen molar-refractivity contribution < 1.29 is 59.9 Å². The standard InChI is InChI=1S/2C7H8O4.C6H12N2.Pt/c2*1-3(8)5-6(9)4(2)11-7(5)10;7-5-3-1-2-4-6(5)8;/h2*4,9H,1-2H3;5-8H,1-4H2;/q;;-2;+4/p-2/t4-;;;/m0.../s1. The summed E-state index contributed by atoms with van der Waals surface area (Å²) in [6, 6.07) is -0.160. The van der Waals surface area contributed by atoms with E-state index in [0.29, 0.717) is 0 Å². The third-order valence-corrected chi connectivity index (χ3v) is 4.68. The van der Waals surface area contributed by atoms with E-state index in [-0.39, 0.29) is 44.3 Å². The molecule has 2 aliphatic heterocycles. The molecule has 31 heavy (non-hydrogen) atoms. The fourth-order valence-corrected chi connectivity index (χ4v) is 2.92. The van der Waals surface area contributed by atoms with Gasteiger partial charge in [0.1, 0.15) is 12.2 Å². The average molecular weight is 618 g/mol. The molecule has 4 atom stereocenters. The minimum Gasteiger partial charge on any atom is -0.872 e. The molecule has 1 saturated carbocycles. The maximum Gasteiger partial charge on any atom is 4.00 e. The number of ether oxygens (including phenoxy) is 2. The molecule has 0 bridgehead atoms. The molecule has 0 aromatic carbocycles. The molecule has 11 heteroatoms. The average Bonchev–Trinajstić information content (AvgIpc) is 3.05. The number of carbonyl (C=O) groups is 4. The van der Waals surface area contributed by atoms with Gasteiger partial charge in [0.2, 0.25) is 0 Å². The van der Waals surface area contributed by atoms with Gasteiger partial charge >= 0.3 is 33.0 Å². The molecule has 1 aliphatic carbocycles. The first-order valence-corrected chi connectivity index (χ1v) is 9.56.